The number of carbonyl (C=O) groups excluding carboxylic acids is 1. The van der Waals surface area contributed by atoms with E-state index in [1.165, 1.54) is 7.11 Å². The Labute approximate surface area is 63.1 Å². The summed E-state index contributed by atoms with van der Waals surface area (Å²) >= 11 is 0. The quantitative estimate of drug-likeness (QED) is 0.593. The first kappa shape index (κ1) is 7.59. The number of rotatable bonds is 1. The van der Waals surface area contributed by atoms with E-state index < -0.39 is 5.97 Å². The van der Waals surface area contributed by atoms with Crippen LogP contribution in [0.4, 0.5) is 5.88 Å². The number of nitrogens with two attached hydrogens (primary N) is 1. The highest BCUT2D eigenvalue weighted by molar-refractivity contribution is 5.89. The lowest BCUT2D eigenvalue weighted by Gasteiger charge is -1.92. The molecule has 0 aromatic carbocycles. The van der Waals surface area contributed by atoms with Crippen LogP contribution in [-0.2, 0) is 4.74 Å². The third-order valence-corrected chi connectivity index (χ3v) is 1.34. The fourth-order valence-electron chi connectivity index (χ4n) is 0.635. The van der Waals surface area contributed by atoms with Crippen LogP contribution in [0.2, 0.25) is 0 Å². The van der Waals surface area contributed by atoms with Gasteiger partial charge in [0.1, 0.15) is 0 Å². The van der Waals surface area contributed by atoms with E-state index in [0.717, 1.165) is 0 Å². The molecule has 0 fully saturated rings. The SMILES string of the molecule is COC(=O)c1noc(N)c1C. The van der Waals surface area contributed by atoms with Gasteiger partial charge in [0.15, 0.2) is 5.69 Å². The second-order valence-corrected chi connectivity index (χ2v) is 2.01. The number of anilines is 1. The van der Waals surface area contributed by atoms with E-state index in [2.05, 4.69) is 14.4 Å². The monoisotopic (exact) mass is 156 g/mol. The molecule has 0 bridgehead atoms. The Bertz CT molecular complexity index is 279. The Kier molecular flexibility index (Phi) is 1.80. The third kappa shape index (κ3) is 1.17. The molecule has 2 N–H and O–H groups in total. The summed E-state index contributed by atoms with van der Waals surface area (Å²) in [6, 6.07) is 0. The average molecular weight is 156 g/mol. The lowest BCUT2D eigenvalue weighted by molar-refractivity contribution is 0.0588. The molecule has 0 spiro atoms. The predicted octanol–water partition coefficient (Wildman–Crippen LogP) is 0.352. The van der Waals surface area contributed by atoms with Crippen molar-refractivity contribution in [1.29, 1.82) is 0 Å². The Balaban J connectivity index is 3.04. The van der Waals surface area contributed by atoms with E-state index in [1.54, 1.807) is 6.92 Å². The van der Waals surface area contributed by atoms with Gasteiger partial charge in [-0.2, -0.15) is 0 Å². The number of nitrogen functional groups attached to an aromatic ring is 1. The van der Waals surface area contributed by atoms with Gasteiger partial charge in [0.05, 0.1) is 7.11 Å². The number of carbonyl (C=O) groups is 1. The second-order valence-electron chi connectivity index (χ2n) is 2.01. The molecule has 0 unspecified atom stereocenters. The molecule has 0 saturated heterocycles. The fourth-order valence-corrected chi connectivity index (χ4v) is 0.635. The lowest BCUT2D eigenvalue weighted by atomic mass is 10.3. The van der Waals surface area contributed by atoms with Gasteiger partial charge < -0.3 is 15.0 Å². The van der Waals surface area contributed by atoms with Gasteiger partial charge in [-0.25, -0.2) is 4.79 Å². The Morgan fingerprint density at radius 1 is 1.73 bits per heavy atom. The van der Waals surface area contributed by atoms with Crippen molar-refractivity contribution in [2.75, 3.05) is 12.8 Å². The largest absolute Gasteiger partial charge is 0.464 e. The van der Waals surface area contributed by atoms with E-state index in [4.69, 9.17) is 5.73 Å². The van der Waals surface area contributed by atoms with Gasteiger partial charge in [0.2, 0.25) is 5.88 Å². The molecular formula is C6H8N2O3. The first-order valence-electron chi connectivity index (χ1n) is 2.97. The van der Waals surface area contributed by atoms with Crippen LogP contribution in [0.1, 0.15) is 16.1 Å². The van der Waals surface area contributed by atoms with Crippen LogP contribution in [0.25, 0.3) is 0 Å². The molecule has 0 radical (unpaired) electrons. The lowest BCUT2D eigenvalue weighted by Crippen LogP contribution is -2.03. The van der Waals surface area contributed by atoms with Crippen LogP contribution in [0, 0.1) is 6.92 Å². The first-order chi connectivity index (χ1) is 5.16. The van der Waals surface area contributed by atoms with E-state index >= 15 is 0 Å². The Morgan fingerprint density at radius 2 is 2.36 bits per heavy atom. The molecule has 0 aliphatic carbocycles. The van der Waals surface area contributed by atoms with Crippen LogP contribution in [-0.4, -0.2) is 18.2 Å². The van der Waals surface area contributed by atoms with Crippen molar-refractivity contribution in [2.24, 2.45) is 0 Å². The van der Waals surface area contributed by atoms with Crippen LogP contribution >= 0.6 is 0 Å². The molecule has 60 valence electrons. The van der Waals surface area contributed by atoms with Gasteiger partial charge in [-0.05, 0) is 6.92 Å². The van der Waals surface area contributed by atoms with Gasteiger partial charge in [0, 0.05) is 5.56 Å². The van der Waals surface area contributed by atoms with E-state index in [0.29, 0.717) is 5.56 Å². The highest BCUT2D eigenvalue weighted by Crippen LogP contribution is 2.14. The minimum absolute atomic E-state index is 0.130. The van der Waals surface area contributed by atoms with E-state index in [9.17, 15) is 4.79 Å². The van der Waals surface area contributed by atoms with Crippen molar-refractivity contribution in [3.63, 3.8) is 0 Å². The highest BCUT2D eigenvalue weighted by atomic mass is 16.5. The molecule has 1 aromatic heterocycles. The summed E-state index contributed by atoms with van der Waals surface area (Å²) in [5.74, 6) is -0.395. The molecule has 1 heterocycles. The molecule has 5 heteroatoms. The molecule has 0 aliphatic heterocycles. The maximum atomic E-state index is 10.8. The first-order valence-corrected chi connectivity index (χ1v) is 2.97. The maximum Gasteiger partial charge on any atom is 0.360 e. The van der Waals surface area contributed by atoms with Crippen molar-refractivity contribution < 1.29 is 14.1 Å². The number of esters is 1. The van der Waals surface area contributed by atoms with Crippen molar-refractivity contribution in [1.82, 2.24) is 5.16 Å². The molecule has 0 amide bonds. The molecule has 0 atom stereocenters. The number of nitrogens with zero attached hydrogens (tertiary/aromatic N) is 1. The predicted molar refractivity (Wildman–Crippen MR) is 37.0 cm³/mol. The molecule has 0 saturated carbocycles. The Hall–Kier alpha value is -1.52. The number of hydrogen-bond acceptors (Lipinski definition) is 5. The van der Waals surface area contributed by atoms with Gasteiger partial charge in [-0.15, -0.1) is 0 Å². The maximum absolute atomic E-state index is 10.8. The van der Waals surface area contributed by atoms with E-state index in [1.807, 2.05) is 0 Å². The highest BCUT2D eigenvalue weighted by Gasteiger charge is 2.16. The van der Waals surface area contributed by atoms with Gasteiger partial charge in [-0.3, -0.25) is 0 Å². The number of hydrogen-bond donors (Lipinski definition) is 1. The van der Waals surface area contributed by atoms with Gasteiger partial charge in [0.25, 0.3) is 0 Å². The summed E-state index contributed by atoms with van der Waals surface area (Å²) in [4.78, 5) is 10.8. The zero-order chi connectivity index (χ0) is 8.43. The van der Waals surface area contributed by atoms with Crippen molar-refractivity contribution in [2.45, 2.75) is 6.92 Å². The zero-order valence-electron chi connectivity index (χ0n) is 6.25. The smallest absolute Gasteiger partial charge is 0.360 e. The van der Waals surface area contributed by atoms with Crippen LogP contribution in [0.5, 0.6) is 0 Å². The summed E-state index contributed by atoms with van der Waals surface area (Å²) < 4.78 is 8.96. The second kappa shape index (κ2) is 2.61. The number of aromatic nitrogens is 1. The summed E-state index contributed by atoms with van der Waals surface area (Å²) in [7, 11) is 1.27. The van der Waals surface area contributed by atoms with Crippen LogP contribution in [0.3, 0.4) is 0 Å². The van der Waals surface area contributed by atoms with E-state index in [-0.39, 0.29) is 11.6 Å². The molecule has 1 aromatic rings. The molecule has 5 nitrogen and oxygen atoms in total. The van der Waals surface area contributed by atoms with Crippen molar-refractivity contribution in [3.05, 3.63) is 11.3 Å². The van der Waals surface area contributed by atoms with Crippen molar-refractivity contribution in [3.8, 4) is 0 Å². The minimum Gasteiger partial charge on any atom is -0.464 e. The zero-order valence-corrected chi connectivity index (χ0v) is 6.25. The van der Waals surface area contributed by atoms with Crippen LogP contribution in [0.15, 0.2) is 4.52 Å². The molecule has 11 heavy (non-hydrogen) atoms. The molecule has 0 aliphatic rings. The van der Waals surface area contributed by atoms with Crippen LogP contribution < -0.4 is 5.73 Å². The van der Waals surface area contributed by atoms with Gasteiger partial charge in [-0.1, -0.05) is 5.16 Å². The normalized spacial score (nSPS) is 9.64. The summed E-state index contributed by atoms with van der Waals surface area (Å²) in [6.45, 7) is 1.64. The van der Waals surface area contributed by atoms with Crippen molar-refractivity contribution >= 4 is 11.9 Å². The summed E-state index contributed by atoms with van der Waals surface area (Å²) in [5.41, 5.74) is 5.94. The molecule has 1 rings (SSSR count). The molecular weight excluding hydrogens is 148 g/mol. The topological polar surface area (TPSA) is 78.3 Å². The summed E-state index contributed by atoms with van der Waals surface area (Å²) in [5, 5.41) is 3.41. The number of ether oxygens (including phenoxy) is 1. The standard InChI is InChI=1S/C6H8N2O3/c1-3-4(6(9)10-2)8-11-5(3)7/h7H2,1-2H3. The summed E-state index contributed by atoms with van der Waals surface area (Å²) in [6.07, 6.45) is 0. The fraction of sp³-hybridized carbons (Fsp3) is 0.333. The Morgan fingerprint density at radius 3 is 2.73 bits per heavy atom. The number of methoxy groups -OCH3 is 1. The minimum atomic E-state index is -0.539. The third-order valence-electron chi connectivity index (χ3n) is 1.34. The van der Waals surface area contributed by atoms with Gasteiger partial charge >= 0.3 is 5.97 Å². The average Bonchev–Trinajstić information content (AvgIpc) is 2.32.